The van der Waals surface area contributed by atoms with Crippen LogP contribution in [-0.4, -0.2) is 56.4 Å². The van der Waals surface area contributed by atoms with E-state index >= 15 is 4.79 Å². The molecule has 1 amide bonds. The lowest BCUT2D eigenvalue weighted by Gasteiger charge is -2.44. The van der Waals surface area contributed by atoms with Gasteiger partial charge in [-0.05, 0) is 73.9 Å². The van der Waals surface area contributed by atoms with Gasteiger partial charge in [-0.25, -0.2) is 23.1 Å². The molecule has 8 rings (SSSR count). The normalized spacial score (nSPS) is 22.0. The van der Waals surface area contributed by atoms with Gasteiger partial charge in [0.2, 0.25) is 11.8 Å². The maximum Gasteiger partial charge on any atom is 0.264 e. The number of anilines is 1. The van der Waals surface area contributed by atoms with Crippen LogP contribution in [0.3, 0.4) is 0 Å². The maximum absolute atomic E-state index is 15.1. The van der Waals surface area contributed by atoms with E-state index in [9.17, 15) is 8.42 Å². The highest BCUT2D eigenvalue weighted by Gasteiger charge is 2.44. The van der Waals surface area contributed by atoms with Crippen LogP contribution in [0.2, 0.25) is 0 Å². The summed E-state index contributed by atoms with van der Waals surface area (Å²) in [6.45, 7) is 10.7. The second-order valence-corrected chi connectivity index (χ2v) is 17.7. The van der Waals surface area contributed by atoms with E-state index in [1.165, 1.54) is 12.1 Å². The zero-order chi connectivity index (χ0) is 37.2. The minimum atomic E-state index is -4.19. The number of carbonyl (C=O) groups is 1. The Morgan fingerprint density at radius 2 is 1.64 bits per heavy atom. The Labute approximate surface area is 311 Å². The Bertz CT molecular complexity index is 2320. The van der Waals surface area contributed by atoms with Crippen LogP contribution in [0.4, 0.5) is 5.95 Å². The summed E-state index contributed by atoms with van der Waals surface area (Å²) >= 11 is 0. The molecular weight excluding hydrogens is 687 g/mol. The van der Waals surface area contributed by atoms with Crippen molar-refractivity contribution in [3.05, 3.63) is 88.9 Å². The molecule has 0 unspecified atom stereocenters. The first-order valence-electron chi connectivity index (χ1n) is 18.7. The fourth-order valence-corrected chi connectivity index (χ4v) is 9.67. The lowest BCUT2D eigenvalue weighted by atomic mass is 9.71. The number of rotatable bonds is 3. The summed E-state index contributed by atoms with van der Waals surface area (Å²) in [6, 6.07) is 15.3. The fraction of sp³-hybridized carbons (Fsp3) is 0.439. The molecule has 0 radical (unpaired) electrons. The van der Waals surface area contributed by atoms with Gasteiger partial charge in [-0.3, -0.25) is 9.78 Å². The van der Waals surface area contributed by atoms with Crippen molar-refractivity contribution in [1.29, 1.82) is 0 Å². The van der Waals surface area contributed by atoms with Gasteiger partial charge in [0.25, 0.3) is 15.9 Å². The van der Waals surface area contributed by atoms with E-state index in [1.807, 2.05) is 50.2 Å². The molecular formula is C41H47N7O4S. The zero-order valence-electron chi connectivity index (χ0n) is 31.3. The molecule has 1 N–H and O–H groups in total. The molecule has 3 atom stereocenters. The van der Waals surface area contributed by atoms with E-state index in [-0.39, 0.29) is 52.2 Å². The van der Waals surface area contributed by atoms with E-state index < -0.39 is 16.1 Å². The lowest BCUT2D eigenvalue weighted by Crippen LogP contribution is -2.51. The zero-order valence-corrected chi connectivity index (χ0v) is 32.1. The van der Waals surface area contributed by atoms with Crippen LogP contribution in [0.1, 0.15) is 98.2 Å². The molecule has 53 heavy (non-hydrogen) atoms. The van der Waals surface area contributed by atoms with Gasteiger partial charge in [-0.15, -0.1) is 0 Å². The predicted molar refractivity (Wildman–Crippen MR) is 204 cm³/mol. The third-order valence-electron chi connectivity index (χ3n) is 11.5. The maximum atomic E-state index is 15.1. The molecule has 5 aromatic rings. The Kier molecular flexibility index (Phi) is 8.79. The van der Waals surface area contributed by atoms with Gasteiger partial charge in [-0.1, -0.05) is 70.7 Å². The van der Waals surface area contributed by atoms with Crippen molar-refractivity contribution in [3.8, 4) is 17.1 Å². The summed E-state index contributed by atoms with van der Waals surface area (Å²) < 4.78 is 39.2. The van der Waals surface area contributed by atoms with Crippen LogP contribution in [0.25, 0.3) is 22.4 Å². The quantitative estimate of drug-likeness (QED) is 0.200. The summed E-state index contributed by atoms with van der Waals surface area (Å²) in [6.07, 6.45) is 7.71. The van der Waals surface area contributed by atoms with Gasteiger partial charge in [-0.2, -0.15) is 4.98 Å². The SMILES string of the molecule is Cc1cccc(C)c1-c1cc2nc(n1)NS(=O)(=O)c1cccc(c1)C(=O)N1[C@H](c3cnc4cc(C(C)(C)C)n(C)c4n3)CCC[C@@H](C3CCC3)[C@@H]1CO2. The van der Waals surface area contributed by atoms with Crippen LogP contribution in [-0.2, 0) is 22.5 Å². The molecule has 4 bridgehead atoms. The molecule has 2 fully saturated rings. The third kappa shape index (κ3) is 6.45. The molecule has 2 aromatic carbocycles. The van der Waals surface area contributed by atoms with Crippen molar-refractivity contribution in [2.75, 3.05) is 11.3 Å². The van der Waals surface area contributed by atoms with Gasteiger partial charge in [0.05, 0.1) is 34.6 Å². The first kappa shape index (κ1) is 35.2. The van der Waals surface area contributed by atoms with Crippen LogP contribution >= 0.6 is 0 Å². The largest absolute Gasteiger partial charge is 0.475 e. The number of aryl methyl sites for hydroxylation is 3. The first-order chi connectivity index (χ1) is 25.3. The molecule has 1 saturated heterocycles. The molecule has 0 spiro atoms. The van der Waals surface area contributed by atoms with E-state index in [0.717, 1.165) is 65.7 Å². The number of ether oxygens (including phenoxy) is 1. The number of nitrogens with one attached hydrogen (secondary N) is 1. The van der Waals surface area contributed by atoms with Crippen LogP contribution in [0.5, 0.6) is 5.88 Å². The molecule has 11 nitrogen and oxygen atoms in total. The first-order valence-corrected chi connectivity index (χ1v) is 20.1. The van der Waals surface area contributed by atoms with Gasteiger partial charge >= 0.3 is 0 Å². The van der Waals surface area contributed by atoms with Crippen molar-refractivity contribution >= 4 is 33.0 Å². The van der Waals surface area contributed by atoms with E-state index in [2.05, 4.69) is 46.1 Å². The Hall–Kier alpha value is -4.84. The average molecular weight is 734 g/mol. The predicted octanol–water partition coefficient (Wildman–Crippen LogP) is 7.69. The topological polar surface area (TPSA) is 132 Å². The van der Waals surface area contributed by atoms with Gasteiger partial charge < -0.3 is 14.2 Å². The second-order valence-electron chi connectivity index (χ2n) is 16.0. The molecule has 1 aliphatic carbocycles. The van der Waals surface area contributed by atoms with Crippen molar-refractivity contribution in [3.63, 3.8) is 0 Å². The van der Waals surface area contributed by atoms with Crippen molar-refractivity contribution < 1.29 is 17.9 Å². The lowest BCUT2D eigenvalue weighted by molar-refractivity contribution is 0.0205. The van der Waals surface area contributed by atoms with Gasteiger partial charge in [0.1, 0.15) is 12.1 Å². The van der Waals surface area contributed by atoms with E-state index in [1.54, 1.807) is 18.2 Å². The van der Waals surface area contributed by atoms with Crippen molar-refractivity contribution in [2.24, 2.45) is 18.9 Å². The number of nitrogens with zero attached hydrogens (tertiary/aromatic N) is 6. The van der Waals surface area contributed by atoms with E-state index in [4.69, 9.17) is 14.7 Å². The summed E-state index contributed by atoms with van der Waals surface area (Å²) in [5, 5.41) is 0. The van der Waals surface area contributed by atoms with E-state index in [0.29, 0.717) is 23.7 Å². The average Bonchev–Trinajstić information content (AvgIpc) is 3.32. The smallest absolute Gasteiger partial charge is 0.264 e. The molecule has 12 heteroatoms. The number of carbonyl (C=O) groups excluding carboxylic acids is 1. The number of sulfonamides is 1. The Morgan fingerprint density at radius 3 is 2.36 bits per heavy atom. The van der Waals surface area contributed by atoms with Crippen molar-refractivity contribution in [2.45, 2.75) is 95.5 Å². The second kappa shape index (κ2) is 13.2. The monoisotopic (exact) mass is 733 g/mol. The number of hydrogen-bond donors (Lipinski definition) is 1. The van der Waals surface area contributed by atoms with Crippen LogP contribution < -0.4 is 9.46 Å². The highest BCUT2D eigenvalue weighted by molar-refractivity contribution is 7.92. The number of hydrogen-bond acceptors (Lipinski definition) is 8. The molecule has 1 saturated carbocycles. The highest BCUT2D eigenvalue weighted by Crippen LogP contribution is 2.45. The highest BCUT2D eigenvalue weighted by atomic mass is 32.2. The van der Waals surface area contributed by atoms with Crippen LogP contribution in [0.15, 0.2) is 65.7 Å². The van der Waals surface area contributed by atoms with Gasteiger partial charge in [0.15, 0.2) is 5.65 Å². The van der Waals surface area contributed by atoms with Gasteiger partial charge in [0, 0.05) is 35.3 Å². The molecule has 3 aliphatic rings. The minimum Gasteiger partial charge on any atom is -0.475 e. The molecule has 276 valence electrons. The number of amides is 1. The molecule has 3 aromatic heterocycles. The molecule has 2 aliphatic heterocycles. The Balaban J connectivity index is 1.31. The Morgan fingerprint density at radius 1 is 0.906 bits per heavy atom. The summed E-state index contributed by atoms with van der Waals surface area (Å²) in [5.74, 6) is 0.504. The minimum absolute atomic E-state index is 0.0515. The molecule has 5 heterocycles. The number of benzene rings is 2. The summed E-state index contributed by atoms with van der Waals surface area (Å²) in [5.41, 5.74) is 7.00. The van der Waals surface area contributed by atoms with Crippen LogP contribution in [0, 0.1) is 25.7 Å². The van der Waals surface area contributed by atoms with Crippen molar-refractivity contribution in [1.82, 2.24) is 29.4 Å². The number of fused-ring (bicyclic) bond motifs is 6. The third-order valence-corrected chi connectivity index (χ3v) is 12.8. The standard InChI is InChI=1S/C41H47N7O4S/c1-24-11-7-12-25(2)37(24)30-21-36-45-40(44-30)46-53(50,51)28-16-9-15-27(19-28)39(49)48-33(18-10-17-29(26-13-8-14-26)34(48)23-52-36)32-22-42-31-20-35(41(3,4)5)47(6)38(31)43-32/h7,9,11-12,15-16,19-22,26,29,33-34H,8,10,13-14,17-18,23H2,1-6H3,(H,44,45,46)/t29-,33-,34-/m0/s1. The fourth-order valence-electron chi connectivity index (χ4n) is 8.68. The summed E-state index contributed by atoms with van der Waals surface area (Å²) in [7, 11) is -2.17. The summed E-state index contributed by atoms with van der Waals surface area (Å²) in [4.78, 5) is 36.4. The number of aromatic nitrogens is 5.